The molecule has 1 aromatic rings. The topological polar surface area (TPSA) is 26.3 Å². The smallest absolute Gasteiger partial charge is 0.338 e. The zero-order valence-corrected chi connectivity index (χ0v) is 11.0. The molecular weight excluding hydrogens is 248 g/mol. The number of carbonyl (C=O) groups excluding carboxylic acids is 1. The average Bonchev–Trinajstić information content (AvgIpc) is 2.67. The summed E-state index contributed by atoms with van der Waals surface area (Å²) < 4.78 is 5.49. The summed E-state index contributed by atoms with van der Waals surface area (Å²) >= 11 is 5.75. The Morgan fingerprint density at radius 1 is 1.39 bits per heavy atom. The standard InChI is InChI=1S/C15H17ClO2/c16-11-12-6-5-7-13(10-12)15(17)18-14-8-3-1-2-4-9-14/h3,5-8,10,14H,1-2,4,9,11H2. The van der Waals surface area contributed by atoms with E-state index in [9.17, 15) is 4.79 Å². The van der Waals surface area contributed by atoms with Gasteiger partial charge in [0.1, 0.15) is 6.10 Å². The van der Waals surface area contributed by atoms with Gasteiger partial charge in [-0.25, -0.2) is 4.79 Å². The normalized spacial score (nSPS) is 19.3. The first-order valence-electron chi connectivity index (χ1n) is 6.32. The molecule has 1 aliphatic carbocycles. The van der Waals surface area contributed by atoms with Crippen molar-refractivity contribution in [2.24, 2.45) is 0 Å². The molecule has 0 heterocycles. The largest absolute Gasteiger partial charge is 0.455 e. The number of esters is 1. The maximum Gasteiger partial charge on any atom is 0.338 e. The van der Waals surface area contributed by atoms with Gasteiger partial charge >= 0.3 is 5.97 Å². The second kappa shape index (κ2) is 6.60. The van der Waals surface area contributed by atoms with Crippen molar-refractivity contribution in [2.75, 3.05) is 0 Å². The quantitative estimate of drug-likeness (QED) is 0.467. The Bertz CT molecular complexity index is 440. The SMILES string of the molecule is O=C(OC1C=CCCCC1)c1cccc(CCl)c1. The Morgan fingerprint density at radius 2 is 2.28 bits per heavy atom. The van der Waals surface area contributed by atoms with Crippen LogP contribution in [0.5, 0.6) is 0 Å². The number of halogens is 1. The second-order valence-corrected chi connectivity index (χ2v) is 4.76. The third-order valence-corrected chi connectivity index (χ3v) is 3.34. The number of allylic oxidation sites excluding steroid dienone is 1. The van der Waals surface area contributed by atoms with Gasteiger partial charge in [-0.2, -0.15) is 0 Å². The van der Waals surface area contributed by atoms with E-state index in [0.29, 0.717) is 11.4 Å². The van der Waals surface area contributed by atoms with Crippen molar-refractivity contribution < 1.29 is 9.53 Å². The van der Waals surface area contributed by atoms with Crippen molar-refractivity contribution in [3.63, 3.8) is 0 Å². The van der Waals surface area contributed by atoms with Crippen LogP contribution in [-0.2, 0) is 10.6 Å². The van der Waals surface area contributed by atoms with Crippen molar-refractivity contribution in [2.45, 2.75) is 37.7 Å². The van der Waals surface area contributed by atoms with E-state index in [1.165, 1.54) is 6.42 Å². The van der Waals surface area contributed by atoms with Crippen molar-refractivity contribution >= 4 is 17.6 Å². The first-order valence-corrected chi connectivity index (χ1v) is 6.85. The highest BCUT2D eigenvalue weighted by Gasteiger charge is 2.14. The fourth-order valence-corrected chi connectivity index (χ4v) is 2.20. The first-order chi connectivity index (χ1) is 8.79. The van der Waals surface area contributed by atoms with Crippen LogP contribution in [0, 0.1) is 0 Å². The van der Waals surface area contributed by atoms with E-state index in [1.807, 2.05) is 18.2 Å². The molecule has 2 nitrogen and oxygen atoms in total. The molecule has 0 aliphatic heterocycles. The number of benzene rings is 1. The van der Waals surface area contributed by atoms with Crippen LogP contribution in [0.3, 0.4) is 0 Å². The summed E-state index contributed by atoms with van der Waals surface area (Å²) in [6, 6.07) is 7.28. The Morgan fingerprint density at radius 3 is 3.11 bits per heavy atom. The molecule has 3 heteroatoms. The summed E-state index contributed by atoms with van der Waals surface area (Å²) in [6.45, 7) is 0. The van der Waals surface area contributed by atoms with E-state index in [1.54, 1.807) is 12.1 Å². The summed E-state index contributed by atoms with van der Waals surface area (Å²) in [6.07, 6.45) is 8.28. The molecule has 0 radical (unpaired) electrons. The molecule has 0 fully saturated rings. The van der Waals surface area contributed by atoms with Crippen LogP contribution in [0.15, 0.2) is 36.4 Å². The van der Waals surface area contributed by atoms with Crippen LogP contribution in [0.2, 0.25) is 0 Å². The van der Waals surface area contributed by atoms with Crippen LogP contribution in [0.25, 0.3) is 0 Å². The van der Waals surface area contributed by atoms with Gasteiger partial charge in [-0.1, -0.05) is 18.2 Å². The van der Waals surface area contributed by atoms with E-state index >= 15 is 0 Å². The lowest BCUT2D eigenvalue weighted by atomic mass is 10.1. The first kappa shape index (κ1) is 13.2. The average molecular weight is 265 g/mol. The summed E-state index contributed by atoms with van der Waals surface area (Å²) in [5.74, 6) is 0.142. The lowest BCUT2D eigenvalue weighted by Gasteiger charge is -2.13. The van der Waals surface area contributed by atoms with Gasteiger partial charge < -0.3 is 4.74 Å². The molecule has 1 aromatic carbocycles. The third-order valence-electron chi connectivity index (χ3n) is 3.04. The minimum absolute atomic E-state index is 0.0837. The fraction of sp³-hybridized carbons (Fsp3) is 0.400. The number of rotatable bonds is 3. The number of alkyl halides is 1. The van der Waals surface area contributed by atoms with Gasteiger partial charge in [-0.05, 0) is 49.5 Å². The predicted octanol–water partition coefficient (Wildman–Crippen LogP) is 4.08. The maximum absolute atomic E-state index is 12.0. The molecule has 1 unspecified atom stereocenters. The monoisotopic (exact) mass is 264 g/mol. The summed E-state index contributed by atoms with van der Waals surface area (Å²) in [4.78, 5) is 12.0. The molecule has 1 aliphatic rings. The zero-order chi connectivity index (χ0) is 12.8. The fourth-order valence-electron chi connectivity index (χ4n) is 2.04. The second-order valence-electron chi connectivity index (χ2n) is 4.49. The molecule has 0 amide bonds. The van der Waals surface area contributed by atoms with E-state index in [0.717, 1.165) is 24.8 Å². The molecule has 0 saturated carbocycles. The minimum Gasteiger partial charge on any atom is -0.455 e. The highest BCUT2D eigenvalue weighted by Crippen LogP contribution is 2.16. The number of ether oxygens (including phenoxy) is 1. The Balaban J connectivity index is 2.01. The molecule has 0 N–H and O–H groups in total. The van der Waals surface area contributed by atoms with Crippen molar-refractivity contribution in [1.82, 2.24) is 0 Å². The predicted molar refractivity (Wildman–Crippen MR) is 72.8 cm³/mol. The number of hydrogen-bond donors (Lipinski definition) is 0. The van der Waals surface area contributed by atoms with Gasteiger partial charge in [0.15, 0.2) is 0 Å². The lowest BCUT2D eigenvalue weighted by molar-refractivity contribution is 0.0379. The van der Waals surface area contributed by atoms with Crippen molar-refractivity contribution in [3.8, 4) is 0 Å². The molecule has 0 aromatic heterocycles. The van der Waals surface area contributed by atoms with Gasteiger partial charge in [0.05, 0.1) is 5.56 Å². The maximum atomic E-state index is 12.0. The molecule has 0 saturated heterocycles. The number of carbonyl (C=O) groups is 1. The molecule has 0 spiro atoms. The molecule has 2 rings (SSSR count). The van der Waals surface area contributed by atoms with Crippen LogP contribution in [0.4, 0.5) is 0 Å². The van der Waals surface area contributed by atoms with Crippen LogP contribution in [-0.4, -0.2) is 12.1 Å². The van der Waals surface area contributed by atoms with Crippen molar-refractivity contribution in [3.05, 3.63) is 47.5 Å². The van der Waals surface area contributed by atoms with Crippen LogP contribution in [0.1, 0.15) is 41.6 Å². The van der Waals surface area contributed by atoms with E-state index in [2.05, 4.69) is 6.08 Å². The Kier molecular flexibility index (Phi) is 4.82. The summed E-state index contributed by atoms with van der Waals surface area (Å²) in [5.41, 5.74) is 1.51. The van der Waals surface area contributed by atoms with Gasteiger partial charge in [0, 0.05) is 5.88 Å². The van der Waals surface area contributed by atoms with E-state index in [4.69, 9.17) is 16.3 Å². The molecule has 1 atom stereocenters. The molecule has 0 bridgehead atoms. The zero-order valence-electron chi connectivity index (χ0n) is 10.3. The van der Waals surface area contributed by atoms with E-state index in [-0.39, 0.29) is 12.1 Å². The highest BCUT2D eigenvalue weighted by molar-refractivity contribution is 6.17. The van der Waals surface area contributed by atoms with Gasteiger partial charge in [-0.3, -0.25) is 0 Å². The Hall–Kier alpha value is -1.28. The van der Waals surface area contributed by atoms with Gasteiger partial charge in [-0.15, -0.1) is 11.6 Å². The minimum atomic E-state index is -0.265. The van der Waals surface area contributed by atoms with Crippen molar-refractivity contribution in [1.29, 1.82) is 0 Å². The Labute approximate surface area is 113 Å². The molecular formula is C15H17ClO2. The molecule has 96 valence electrons. The van der Waals surface area contributed by atoms with Crippen LogP contribution >= 0.6 is 11.6 Å². The number of hydrogen-bond acceptors (Lipinski definition) is 2. The lowest BCUT2D eigenvalue weighted by Crippen LogP contribution is -2.15. The summed E-state index contributed by atoms with van der Waals surface area (Å²) in [7, 11) is 0. The molecule has 18 heavy (non-hydrogen) atoms. The van der Waals surface area contributed by atoms with E-state index < -0.39 is 0 Å². The van der Waals surface area contributed by atoms with Gasteiger partial charge in [0.25, 0.3) is 0 Å². The third kappa shape index (κ3) is 3.61. The highest BCUT2D eigenvalue weighted by atomic mass is 35.5. The van der Waals surface area contributed by atoms with Gasteiger partial charge in [0.2, 0.25) is 0 Å². The summed E-state index contributed by atoms with van der Waals surface area (Å²) in [5, 5.41) is 0. The van der Waals surface area contributed by atoms with Crippen LogP contribution < -0.4 is 0 Å².